The van der Waals surface area contributed by atoms with Crippen LogP contribution in [0.5, 0.6) is 0 Å². The van der Waals surface area contributed by atoms with E-state index in [1.54, 1.807) is 0 Å². The third kappa shape index (κ3) is 1.54. The Bertz CT molecular complexity index is 398. The Hall–Kier alpha value is -1.75. The van der Waals surface area contributed by atoms with E-state index in [0.29, 0.717) is 6.29 Å². The summed E-state index contributed by atoms with van der Waals surface area (Å²) in [6, 6.07) is 5.97. The average Bonchev–Trinajstić information content (AvgIpc) is 2.61. The van der Waals surface area contributed by atoms with E-state index in [9.17, 15) is 4.79 Å². The quantitative estimate of drug-likeness (QED) is 0.469. The number of hydrogen-bond donors (Lipinski definition) is 1. The summed E-state index contributed by atoms with van der Waals surface area (Å²) in [5.74, 6) is 5.18. The number of rotatable bonds is 0. The molecule has 1 aromatic carbocycles. The highest BCUT2D eigenvalue weighted by Gasteiger charge is 2.08. The molecule has 2 heteroatoms. The maximum Gasteiger partial charge on any atom is 0.193 e. The fraction of sp³-hybridized carbons (Fsp3) is 0.182. The minimum absolute atomic E-state index is 0.617. The van der Waals surface area contributed by atoms with Gasteiger partial charge in [0.2, 0.25) is 0 Å². The van der Waals surface area contributed by atoms with Gasteiger partial charge in [0.1, 0.15) is 0 Å². The third-order valence-corrected chi connectivity index (χ3v) is 2.09. The predicted octanol–water partition coefficient (Wildman–Crippen LogP) is 1.20. The SMILES string of the molecule is O=CC#Cc1ccc2c(c1)CCN2. The lowest BCUT2D eigenvalue weighted by Gasteiger charge is -1.98. The van der Waals surface area contributed by atoms with Crippen molar-refractivity contribution in [2.75, 3.05) is 11.9 Å². The summed E-state index contributed by atoms with van der Waals surface area (Å²) in [7, 11) is 0. The topological polar surface area (TPSA) is 29.1 Å². The van der Waals surface area contributed by atoms with Crippen LogP contribution in [0, 0.1) is 11.8 Å². The Labute approximate surface area is 77.0 Å². The molecule has 1 heterocycles. The fourth-order valence-electron chi connectivity index (χ4n) is 1.50. The number of anilines is 1. The molecule has 0 fully saturated rings. The maximum absolute atomic E-state index is 10.0. The summed E-state index contributed by atoms with van der Waals surface area (Å²) in [6.07, 6.45) is 1.66. The van der Waals surface area contributed by atoms with Gasteiger partial charge in [-0.1, -0.05) is 5.92 Å². The van der Waals surface area contributed by atoms with Gasteiger partial charge in [-0.25, -0.2) is 0 Å². The summed E-state index contributed by atoms with van der Waals surface area (Å²) in [5.41, 5.74) is 3.39. The first-order chi connectivity index (χ1) is 6.40. The Balaban J connectivity index is 2.36. The van der Waals surface area contributed by atoms with Gasteiger partial charge in [-0.15, -0.1) is 0 Å². The summed E-state index contributed by atoms with van der Waals surface area (Å²) in [6.45, 7) is 1.000. The van der Waals surface area contributed by atoms with Crippen LogP contribution in [0.4, 0.5) is 5.69 Å². The smallest absolute Gasteiger partial charge is 0.193 e. The largest absolute Gasteiger partial charge is 0.384 e. The van der Waals surface area contributed by atoms with Crippen LogP contribution in [-0.4, -0.2) is 12.8 Å². The van der Waals surface area contributed by atoms with Gasteiger partial charge in [-0.05, 0) is 36.1 Å². The van der Waals surface area contributed by atoms with E-state index in [1.165, 1.54) is 11.3 Å². The number of nitrogens with one attached hydrogen (secondary N) is 1. The van der Waals surface area contributed by atoms with Crippen LogP contribution in [-0.2, 0) is 11.2 Å². The average molecular weight is 171 g/mol. The van der Waals surface area contributed by atoms with Crippen LogP contribution in [0.25, 0.3) is 0 Å². The van der Waals surface area contributed by atoms with Crippen molar-refractivity contribution in [2.45, 2.75) is 6.42 Å². The zero-order valence-corrected chi connectivity index (χ0v) is 7.13. The molecule has 0 aliphatic carbocycles. The second-order valence-electron chi connectivity index (χ2n) is 2.94. The summed E-state index contributed by atoms with van der Waals surface area (Å²) >= 11 is 0. The standard InChI is InChI=1S/C11H9NO/c13-7-1-2-9-3-4-11-10(8-9)5-6-12-11/h3-4,7-8,12H,5-6H2. The lowest BCUT2D eigenvalue weighted by Crippen LogP contribution is -1.90. The zero-order valence-electron chi connectivity index (χ0n) is 7.13. The minimum Gasteiger partial charge on any atom is -0.384 e. The molecule has 0 aromatic heterocycles. The van der Waals surface area contributed by atoms with Crippen LogP contribution in [0.2, 0.25) is 0 Å². The molecule has 0 unspecified atom stereocenters. The summed E-state index contributed by atoms with van der Waals surface area (Å²) in [4.78, 5) is 10.0. The predicted molar refractivity (Wildman–Crippen MR) is 51.6 cm³/mol. The van der Waals surface area contributed by atoms with Crippen molar-refractivity contribution in [2.24, 2.45) is 0 Å². The number of carbonyl (C=O) groups is 1. The molecule has 0 bridgehead atoms. The molecule has 0 radical (unpaired) electrons. The molecule has 0 amide bonds. The van der Waals surface area contributed by atoms with E-state index in [1.807, 2.05) is 18.2 Å². The van der Waals surface area contributed by atoms with Crippen molar-refractivity contribution in [3.63, 3.8) is 0 Å². The number of carbonyl (C=O) groups excluding carboxylic acids is 1. The van der Waals surface area contributed by atoms with Crippen molar-refractivity contribution < 1.29 is 4.79 Å². The van der Waals surface area contributed by atoms with Gasteiger partial charge >= 0.3 is 0 Å². The van der Waals surface area contributed by atoms with Crippen LogP contribution < -0.4 is 5.32 Å². The van der Waals surface area contributed by atoms with Gasteiger partial charge in [0.15, 0.2) is 6.29 Å². The molecule has 1 aliphatic rings. The molecule has 2 nitrogen and oxygen atoms in total. The Morgan fingerprint density at radius 3 is 3.23 bits per heavy atom. The number of fused-ring (bicyclic) bond motifs is 1. The molecule has 0 atom stereocenters. The first kappa shape index (κ1) is 7.88. The third-order valence-electron chi connectivity index (χ3n) is 2.09. The van der Waals surface area contributed by atoms with Gasteiger partial charge in [0.05, 0.1) is 0 Å². The molecule has 0 saturated carbocycles. The lowest BCUT2D eigenvalue weighted by molar-refractivity contribution is -0.103. The highest BCUT2D eigenvalue weighted by atomic mass is 16.1. The fourth-order valence-corrected chi connectivity index (χ4v) is 1.50. The highest BCUT2D eigenvalue weighted by Crippen LogP contribution is 2.22. The molecular formula is C11H9NO. The second-order valence-corrected chi connectivity index (χ2v) is 2.94. The van der Waals surface area contributed by atoms with Crippen LogP contribution in [0.1, 0.15) is 11.1 Å². The molecule has 1 aliphatic heterocycles. The molecule has 64 valence electrons. The van der Waals surface area contributed by atoms with Crippen LogP contribution in [0.15, 0.2) is 18.2 Å². The summed E-state index contributed by atoms with van der Waals surface area (Å²) < 4.78 is 0. The maximum atomic E-state index is 10.0. The number of aldehydes is 1. The van der Waals surface area contributed by atoms with Crippen molar-refractivity contribution in [3.8, 4) is 11.8 Å². The molecule has 1 aromatic rings. The number of benzene rings is 1. The molecular weight excluding hydrogens is 162 g/mol. The van der Waals surface area contributed by atoms with Gasteiger partial charge < -0.3 is 5.32 Å². The van der Waals surface area contributed by atoms with Gasteiger partial charge in [-0.3, -0.25) is 4.79 Å². The zero-order chi connectivity index (χ0) is 9.10. The van der Waals surface area contributed by atoms with E-state index < -0.39 is 0 Å². The number of hydrogen-bond acceptors (Lipinski definition) is 2. The first-order valence-electron chi connectivity index (χ1n) is 4.22. The first-order valence-corrected chi connectivity index (χ1v) is 4.22. The van der Waals surface area contributed by atoms with E-state index in [2.05, 4.69) is 17.2 Å². The van der Waals surface area contributed by atoms with Crippen molar-refractivity contribution in [1.82, 2.24) is 0 Å². The van der Waals surface area contributed by atoms with E-state index >= 15 is 0 Å². The Morgan fingerprint density at radius 1 is 1.46 bits per heavy atom. The van der Waals surface area contributed by atoms with Gasteiger partial charge in [0.25, 0.3) is 0 Å². The molecule has 1 N–H and O–H groups in total. The molecule has 0 spiro atoms. The van der Waals surface area contributed by atoms with E-state index in [0.717, 1.165) is 18.5 Å². The van der Waals surface area contributed by atoms with Crippen molar-refractivity contribution >= 4 is 12.0 Å². The molecule has 0 saturated heterocycles. The van der Waals surface area contributed by atoms with Crippen molar-refractivity contribution in [3.05, 3.63) is 29.3 Å². The van der Waals surface area contributed by atoms with Crippen LogP contribution in [0.3, 0.4) is 0 Å². The van der Waals surface area contributed by atoms with Gasteiger partial charge in [0, 0.05) is 17.8 Å². The molecule has 2 rings (SSSR count). The minimum atomic E-state index is 0.617. The molecule has 13 heavy (non-hydrogen) atoms. The Morgan fingerprint density at radius 2 is 2.38 bits per heavy atom. The van der Waals surface area contributed by atoms with Gasteiger partial charge in [-0.2, -0.15) is 0 Å². The normalized spacial score (nSPS) is 12.3. The van der Waals surface area contributed by atoms with E-state index in [-0.39, 0.29) is 0 Å². The Kier molecular flexibility index (Phi) is 2.01. The van der Waals surface area contributed by atoms with E-state index in [4.69, 9.17) is 0 Å². The monoisotopic (exact) mass is 171 g/mol. The van der Waals surface area contributed by atoms with Crippen molar-refractivity contribution in [1.29, 1.82) is 0 Å². The summed E-state index contributed by atoms with van der Waals surface area (Å²) in [5, 5.41) is 3.27. The second kappa shape index (κ2) is 3.32. The lowest BCUT2D eigenvalue weighted by atomic mass is 10.1. The van der Waals surface area contributed by atoms with Crippen LogP contribution >= 0.6 is 0 Å². The highest BCUT2D eigenvalue weighted by molar-refractivity contribution is 5.74.